The Morgan fingerprint density at radius 3 is 2.39 bits per heavy atom. The molecule has 1 N–H and O–H groups in total. The maximum Gasteiger partial charge on any atom is 0.281 e. The van der Waals surface area contributed by atoms with Gasteiger partial charge in [0.05, 0.1) is 17.3 Å². The van der Waals surface area contributed by atoms with Gasteiger partial charge < -0.3 is 14.6 Å². The van der Waals surface area contributed by atoms with Crippen molar-refractivity contribution in [1.29, 1.82) is 0 Å². The lowest BCUT2D eigenvalue weighted by Gasteiger charge is -2.33. The Labute approximate surface area is 181 Å². The van der Waals surface area contributed by atoms with Crippen LogP contribution >= 0.6 is 0 Å². The summed E-state index contributed by atoms with van der Waals surface area (Å²) in [6, 6.07) is 16.1. The summed E-state index contributed by atoms with van der Waals surface area (Å²) >= 11 is 0. The smallest absolute Gasteiger partial charge is 0.281 e. The van der Waals surface area contributed by atoms with Gasteiger partial charge in [-0.3, -0.25) is 4.79 Å². The molecule has 0 bridgehead atoms. The minimum Gasteiger partial charge on any atom is -0.396 e. The number of hydrogen-bond acceptors (Lipinski definition) is 4. The third kappa shape index (κ3) is 3.24. The van der Waals surface area contributed by atoms with Gasteiger partial charge in [-0.05, 0) is 62.6 Å². The van der Waals surface area contributed by atoms with Gasteiger partial charge in [0.1, 0.15) is 0 Å². The van der Waals surface area contributed by atoms with Gasteiger partial charge >= 0.3 is 0 Å². The number of aliphatic hydroxyl groups excluding tert-OH is 1. The van der Waals surface area contributed by atoms with Gasteiger partial charge in [-0.15, -0.1) is 0 Å². The van der Waals surface area contributed by atoms with Gasteiger partial charge in [-0.25, -0.2) is 0 Å². The molecule has 1 aliphatic heterocycles. The van der Waals surface area contributed by atoms with Crippen LogP contribution in [0.4, 0.5) is 5.69 Å². The van der Waals surface area contributed by atoms with E-state index in [4.69, 9.17) is 5.11 Å². The molecule has 0 radical (unpaired) electrons. The molecule has 6 heteroatoms. The summed E-state index contributed by atoms with van der Waals surface area (Å²) in [6.45, 7) is 6.35. The number of fused-ring (bicyclic) bond motifs is 1. The van der Waals surface area contributed by atoms with Gasteiger partial charge in [-0.2, -0.15) is 9.78 Å². The van der Waals surface area contributed by atoms with E-state index in [2.05, 4.69) is 38.8 Å². The molecular weight excluding hydrogens is 388 g/mol. The minimum absolute atomic E-state index is 0.106. The van der Waals surface area contributed by atoms with Crippen LogP contribution in [0, 0.1) is 13.8 Å². The van der Waals surface area contributed by atoms with Crippen LogP contribution in [-0.4, -0.2) is 39.2 Å². The van der Waals surface area contributed by atoms with Crippen molar-refractivity contribution in [2.75, 3.05) is 24.6 Å². The van der Waals surface area contributed by atoms with Crippen molar-refractivity contribution in [3.8, 4) is 11.4 Å². The van der Waals surface area contributed by atoms with Gasteiger partial charge in [0.15, 0.2) is 0 Å². The number of aromatic nitrogens is 3. The molecule has 1 fully saturated rings. The van der Waals surface area contributed by atoms with E-state index in [0.29, 0.717) is 11.8 Å². The quantitative estimate of drug-likeness (QED) is 0.543. The van der Waals surface area contributed by atoms with Crippen LogP contribution in [-0.2, 0) is 6.42 Å². The second-order valence-electron chi connectivity index (χ2n) is 8.16. The summed E-state index contributed by atoms with van der Waals surface area (Å²) in [7, 11) is 0. The number of nitrogens with zero attached hydrogens (tertiary/aromatic N) is 4. The molecule has 0 unspecified atom stereocenters. The zero-order chi connectivity index (χ0) is 21.5. The lowest BCUT2D eigenvalue weighted by Crippen LogP contribution is -2.36. The Morgan fingerprint density at radius 1 is 0.968 bits per heavy atom. The van der Waals surface area contributed by atoms with Crippen molar-refractivity contribution in [3.05, 3.63) is 82.0 Å². The Morgan fingerprint density at radius 2 is 1.71 bits per heavy atom. The molecule has 1 saturated heterocycles. The Balaban J connectivity index is 1.63. The van der Waals surface area contributed by atoms with Crippen LogP contribution in [0.3, 0.4) is 0 Å². The molecule has 6 nitrogen and oxygen atoms in total. The summed E-state index contributed by atoms with van der Waals surface area (Å²) in [5, 5.41) is 15.2. The highest BCUT2D eigenvalue weighted by Gasteiger charge is 2.19. The molecule has 3 heterocycles. The molecule has 2 aromatic heterocycles. The topological polar surface area (TPSA) is 63.3 Å². The van der Waals surface area contributed by atoms with E-state index in [-0.39, 0.29) is 12.2 Å². The predicted molar refractivity (Wildman–Crippen MR) is 124 cm³/mol. The predicted octanol–water partition coefficient (Wildman–Crippen LogP) is 3.54. The van der Waals surface area contributed by atoms with Crippen molar-refractivity contribution in [2.24, 2.45) is 0 Å². The maximum atomic E-state index is 13.4. The molecular formula is C25H26N4O2. The first-order chi connectivity index (χ1) is 15.1. The van der Waals surface area contributed by atoms with Crippen molar-refractivity contribution in [1.82, 2.24) is 14.3 Å². The van der Waals surface area contributed by atoms with Crippen LogP contribution < -0.4 is 10.5 Å². The van der Waals surface area contributed by atoms with Crippen LogP contribution in [0.2, 0.25) is 0 Å². The van der Waals surface area contributed by atoms with Gasteiger partial charge in [-0.1, -0.05) is 18.2 Å². The Bertz CT molecular complexity index is 1310. The largest absolute Gasteiger partial charge is 0.396 e. The molecule has 0 saturated carbocycles. The highest BCUT2D eigenvalue weighted by molar-refractivity contribution is 5.88. The molecule has 4 aromatic rings. The van der Waals surface area contributed by atoms with Crippen LogP contribution in [0.15, 0.2) is 59.5 Å². The minimum atomic E-state index is -0.120. The fraction of sp³-hybridized carbons (Fsp3) is 0.280. The summed E-state index contributed by atoms with van der Waals surface area (Å²) in [6.07, 6.45) is 3.62. The lowest BCUT2D eigenvalue weighted by atomic mass is 10.1. The highest BCUT2D eigenvalue weighted by atomic mass is 16.3. The Kier molecular flexibility index (Phi) is 4.87. The van der Waals surface area contributed by atoms with E-state index >= 15 is 0 Å². The normalized spacial score (nSPS) is 13.6. The molecule has 2 aromatic carbocycles. The van der Waals surface area contributed by atoms with Crippen molar-refractivity contribution in [3.63, 3.8) is 0 Å². The lowest BCUT2D eigenvalue weighted by molar-refractivity contribution is 0.299. The van der Waals surface area contributed by atoms with Crippen molar-refractivity contribution >= 4 is 16.5 Å². The first-order valence-corrected chi connectivity index (χ1v) is 10.7. The van der Waals surface area contributed by atoms with E-state index < -0.39 is 0 Å². The molecule has 5 rings (SSSR count). The number of aryl methyl sites for hydroxylation is 2. The van der Waals surface area contributed by atoms with Crippen LogP contribution in [0.1, 0.15) is 23.4 Å². The van der Waals surface area contributed by atoms with Crippen LogP contribution in [0.25, 0.3) is 22.1 Å². The summed E-state index contributed by atoms with van der Waals surface area (Å²) < 4.78 is 3.62. The SMILES string of the molecule is Cc1c2cnn(-c3ccc(CCO)cc3)c(=O)c2c(C)n1-c1cccc(N2CCC2)c1. The third-order valence-electron chi connectivity index (χ3n) is 6.29. The first-order valence-electron chi connectivity index (χ1n) is 10.7. The van der Waals surface area contributed by atoms with E-state index in [1.54, 1.807) is 6.20 Å². The fourth-order valence-electron chi connectivity index (χ4n) is 4.47. The highest BCUT2D eigenvalue weighted by Crippen LogP contribution is 2.29. The average molecular weight is 415 g/mol. The van der Waals surface area contributed by atoms with Gasteiger partial charge in [0.25, 0.3) is 5.56 Å². The monoisotopic (exact) mass is 414 g/mol. The molecule has 31 heavy (non-hydrogen) atoms. The van der Waals surface area contributed by atoms with Gasteiger partial charge in [0.2, 0.25) is 0 Å². The third-order valence-corrected chi connectivity index (χ3v) is 6.29. The maximum absolute atomic E-state index is 13.4. The number of anilines is 1. The number of rotatable bonds is 5. The van der Waals surface area contributed by atoms with E-state index in [9.17, 15) is 4.79 Å². The van der Waals surface area contributed by atoms with E-state index in [0.717, 1.165) is 46.8 Å². The standard InChI is InChI=1S/C25H26N4O2/c1-17-23-16-26-29(20-9-7-19(8-10-20)11-14-30)25(31)24(23)18(2)28(17)22-6-3-5-21(15-22)27-12-4-13-27/h3,5-10,15-16,30H,4,11-14H2,1-2H3. The molecule has 0 aliphatic carbocycles. The zero-order valence-corrected chi connectivity index (χ0v) is 17.9. The molecule has 0 atom stereocenters. The van der Waals surface area contributed by atoms with Gasteiger partial charge in [0, 0.05) is 47.8 Å². The molecule has 0 amide bonds. The fourth-order valence-corrected chi connectivity index (χ4v) is 4.47. The summed E-state index contributed by atoms with van der Waals surface area (Å²) in [5.41, 5.74) is 5.85. The Hall–Kier alpha value is -3.38. The average Bonchev–Trinajstić information content (AvgIpc) is 2.99. The molecule has 158 valence electrons. The number of aliphatic hydroxyl groups is 1. The zero-order valence-electron chi connectivity index (χ0n) is 17.9. The summed E-state index contributed by atoms with van der Waals surface area (Å²) in [5.74, 6) is 0. The number of hydrogen-bond donors (Lipinski definition) is 1. The van der Waals surface area contributed by atoms with Crippen molar-refractivity contribution < 1.29 is 5.11 Å². The number of benzene rings is 2. The van der Waals surface area contributed by atoms with Crippen molar-refractivity contribution in [2.45, 2.75) is 26.7 Å². The first kappa shape index (κ1) is 19.6. The second-order valence-corrected chi connectivity index (χ2v) is 8.16. The second kappa shape index (κ2) is 7.71. The van der Waals surface area contributed by atoms with E-state index in [1.165, 1.54) is 16.8 Å². The van der Waals surface area contributed by atoms with Crippen LogP contribution in [0.5, 0.6) is 0 Å². The summed E-state index contributed by atoms with van der Waals surface area (Å²) in [4.78, 5) is 15.8. The molecule has 0 spiro atoms. The molecule has 1 aliphatic rings. The van der Waals surface area contributed by atoms with E-state index in [1.807, 2.05) is 38.1 Å².